The highest BCUT2D eigenvalue weighted by atomic mass is 35.5. The van der Waals surface area contributed by atoms with Crippen LogP contribution in [0.4, 0.5) is 0 Å². The van der Waals surface area contributed by atoms with Gasteiger partial charge in [-0.1, -0.05) is 50.3 Å². The van der Waals surface area contributed by atoms with E-state index in [1.54, 1.807) is 6.08 Å². The fourth-order valence-corrected chi connectivity index (χ4v) is 0.742. The highest BCUT2D eigenvalue weighted by Crippen LogP contribution is 2.09. The molecule has 1 heteroatoms. The minimum atomic E-state index is 0.792. The molecule has 0 aliphatic rings. The number of rotatable bonds is 3. The molecule has 0 aromatic heterocycles. The fraction of sp³-hybridized carbons (Fsp3) is 0.333. The van der Waals surface area contributed by atoms with E-state index in [-0.39, 0.29) is 0 Å². The van der Waals surface area contributed by atoms with Crippen molar-refractivity contribution in [2.75, 3.05) is 0 Å². The molecule has 0 aliphatic heterocycles. The van der Waals surface area contributed by atoms with Crippen LogP contribution in [0.5, 0.6) is 0 Å². The molecule has 92 valence electrons. The Morgan fingerprint density at radius 1 is 0.875 bits per heavy atom. The van der Waals surface area contributed by atoms with Crippen LogP contribution in [0.15, 0.2) is 60.2 Å². The Bertz CT molecular complexity index is 251. The molecule has 0 aliphatic carbocycles. The molecule has 0 aromatic carbocycles. The van der Waals surface area contributed by atoms with Crippen LogP contribution in [0.25, 0.3) is 0 Å². The fourth-order valence-electron chi connectivity index (χ4n) is 0.679. The lowest BCUT2D eigenvalue weighted by Crippen LogP contribution is -1.76. The second kappa shape index (κ2) is 16.4. The van der Waals surface area contributed by atoms with Crippen molar-refractivity contribution in [1.82, 2.24) is 0 Å². The van der Waals surface area contributed by atoms with Gasteiger partial charge in [0.25, 0.3) is 0 Å². The molecule has 0 fully saturated rings. The first-order chi connectivity index (χ1) is 7.57. The van der Waals surface area contributed by atoms with Crippen molar-refractivity contribution in [1.29, 1.82) is 0 Å². The van der Waals surface area contributed by atoms with E-state index in [1.807, 2.05) is 52.8 Å². The van der Waals surface area contributed by atoms with Gasteiger partial charge in [0.05, 0.1) is 0 Å². The molecule has 0 heterocycles. The van der Waals surface area contributed by atoms with Crippen molar-refractivity contribution < 1.29 is 0 Å². The van der Waals surface area contributed by atoms with E-state index >= 15 is 0 Å². The van der Waals surface area contributed by atoms with Crippen molar-refractivity contribution in [3.05, 3.63) is 60.2 Å². The molecule has 0 aromatic rings. The number of allylic oxidation sites excluding steroid dienone is 7. The predicted octanol–water partition coefficient (Wildman–Crippen LogP) is 6.04. The summed E-state index contributed by atoms with van der Waals surface area (Å²) in [5.41, 5.74) is 2.41. The van der Waals surface area contributed by atoms with E-state index in [4.69, 9.17) is 11.6 Å². The highest BCUT2D eigenvalue weighted by Gasteiger charge is 1.88. The summed E-state index contributed by atoms with van der Waals surface area (Å²) in [7, 11) is 0. The second-order valence-electron chi connectivity index (χ2n) is 2.69. The first-order valence-corrected chi connectivity index (χ1v) is 5.76. The Kier molecular flexibility index (Phi) is 20.9. The summed E-state index contributed by atoms with van der Waals surface area (Å²) in [5.74, 6) is 0. The van der Waals surface area contributed by atoms with Crippen LogP contribution in [-0.2, 0) is 0 Å². The molecule has 0 spiro atoms. The number of hydrogen-bond donors (Lipinski definition) is 0. The summed E-state index contributed by atoms with van der Waals surface area (Å²) < 4.78 is 0. The minimum absolute atomic E-state index is 0.792. The Morgan fingerprint density at radius 3 is 1.56 bits per heavy atom. The zero-order chi connectivity index (χ0) is 13.6. The number of hydrogen-bond acceptors (Lipinski definition) is 0. The van der Waals surface area contributed by atoms with Crippen LogP contribution in [0.3, 0.4) is 0 Å². The third kappa shape index (κ3) is 15.5. The van der Waals surface area contributed by atoms with E-state index in [2.05, 4.69) is 19.7 Å². The summed E-state index contributed by atoms with van der Waals surface area (Å²) >= 11 is 5.68. The first-order valence-electron chi connectivity index (χ1n) is 5.38. The molecule has 0 N–H and O–H groups in total. The van der Waals surface area contributed by atoms with Gasteiger partial charge in [-0.05, 0) is 38.0 Å². The largest absolute Gasteiger partial charge is 0.106 e. The van der Waals surface area contributed by atoms with E-state index in [0.717, 1.165) is 5.03 Å². The lowest BCUT2D eigenvalue weighted by Gasteiger charge is -1.97. The van der Waals surface area contributed by atoms with Crippen LogP contribution in [0.2, 0.25) is 0 Å². The molecule has 0 amide bonds. The van der Waals surface area contributed by atoms with Gasteiger partial charge in [-0.25, -0.2) is 0 Å². The molecule has 0 unspecified atom stereocenters. The number of halogens is 1. The lowest BCUT2D eigenvalue weighted by atomic mass is 10.1. The average Bonchev–Trinajstić information content (AvgIpc) is 2.31. The highest BCUT2D eigenvalue weighted by molar-refractivity contribution is 6.29. The van der Waals surface area contributed by atoms with Gasteiger partial charge in [-0.15, -0.1) is 13.2 Å². The van der Waals surface area contributed by atoms with Crippen molar-refractivity contribution >= 4 is 11.6 Å². The van der Waals surface area contributed by atoms with E-state index in [1.165, 1.54) is 11.1 Å². The zero-order valence-electron chi connectivity index (χ0n) is 11.3. The molecule has 0 radical (unpaired) electrons. The Balaban J connectivity index is -0.000000376. The standard InChI is InChI=1S/C11H15Cl.C2H6.C2H4/c1-5-6-9(2)10(3)7-8-11(4)12;2*1-2/h5-8H,1H2,2-4H3;1-2H3;1-2H2/b9-6+,10-7+,11-8+;;. The summed E-state index contributed by atoms with van der Waals surface area (Å²) in [6.07, 6.45) is 7.64. The molecular formula is C15H25Cl. The van der Waals surface area contributed by atoms with Gasteiger partial charge >= 0.3 is 0 Å². The SMILES string of the molecule is C=C.C=C/C=C(C)/C(C)=C/C=C(\C)Cl.CC. The van der Waals surface area contributed by atoms with E-state index in [0.29, 0.717) is 0 Å². The molecule has 0 bridgehead atoms. The van der Waals surface area contributed by atoms with Crippen molar-refractivity contribution in [2.24, 2.45) is 0 Å². The van der Waals surface area contributed by atoms with Crippen molar-refractivity contribution in [3.63, 3.8) is 0 Å². The van der Waals surface area contributed by atoms with Gasteiger partial charge in [0.15, 0.2) is 0 Å². The molecule has 0 nitrogen and oxygen atoms in total. The van der Waals surface area contributed by atoms with Crippen molar-refractivity contribution in [3.8, 4) is 0 Å². The smallest absolute Gasteiger partial charge is 0.0150 e. The second-order valence-corrected chi connectivity index (χ2v) is 3.28. The van der Waals surface area contributed by atoms with E-state index < -0.39 is 0 Å². The third-order valence-electron chi connectivity index (χ3n) is 1.55. The summed E-state index contributed by atoms with van der Waals surface area (Å²) in [6.45, 7) is 19.6. The summed E-state index contributed by atoms with van der Waals surface area (Å²) in [5, 5.41) is 0.792. The van der Waals surface area contributed by atoms with Gasteiger partial charge < -0.3 is 0 Å². The Hall–Kier alpha value is -1.01. The van der Waals surface area contributed by atoms with Crippen LogP contribution in [0.1, 0.15) is 34.6 Å². The van der Waals surface area contributed by atoms with Crippen LogP contribution in [0, 0.1) is 0 Å². The first kappa shape index (κ1) is 20.4. The zero-order valence-corrected chi connectivity index (χ0v) is 12.1. The Labute approximate surface area is 107 Å². The van der Waals surface area contributed by atoms with Gasteiger partial charge in [0, 0.05) is 5.03 Å². The van der Waals surface area contributed by atoms with Gasteiger partial charge in [0.2, 0.25) is 0 Å². The normalized spacial score (nSPS) is 11.8. The maximum Gasteiger partial charge on any atom is 0.0150 e. The molecular weight excluding hydrogens is 216 g/mol. The van der Waals surface area contributed by atoms with Gasteiger partial charge in [0.1, 0.15) is 0 Å². The topological polar surface area (TPSA) is 0 Å². The maximum atomic E-state index is 5.68. The Morgan fingerprint density at radius 2 is 1.25 bits per heavy atom. The average molecular weight is 241 g/mol. The molecule has 0 saturated heterocycles. The van der Waals surface area contributed by atoms with Gasteiger partial charge in [-0.2, -0.15) is 0 Å². The molecule has 0 rings (SSSR count). The molecule has 16 heavy (non-hydrogen) atoms. The quantitative estimate of drug-likeness (QED) is 0.417. The monoisotopic (exact) mass is 240 g/mol. The van der Waals surface area contributed by atoms with Gasteiger partial charge in [-0.3, -0.25) is 0 Å². The maximum absolute atomic E-state index is 5.68. The molecule has 0 atom stereocenters. The summed E-state index contributed by atoms with van der Waals surface area (Å²) in [4.78, 5) is 0. The lowest BCUT2D eigenvalue weighted by molar-refractivity contribution is 1.34. The summed E-state index contributed by atoms with van der Waals surface area (Å²) in [6, 6.07) is 0. The minimum Gasteiger partial charge on any atom is -0.106 e. The molecule has 0 saturated carbocycles. The third-order valence-corrected chi connectivity index (χ3v) is 1.68. The van der Waals surface area contributed by atoms with Crippen LogP contribution >= 0.6 is 11.6 Å². The van der Waals surface area contributed by atoms with E-state index in [9.17, 15) is 0 Å². The predicted molar refractivity (Wildman–Crippen MR) is 79.9 cm³/mol. The van der Waals surface area contributed by atoms with Crippen LogP contribution < -0.4 is 0 Å². The van der Waals surface area contributed by atoms with Crippen LogP contribution in [-0.4, -0.2) is 0 Å². The van der Waals surface area contributed by atoms with Crippen molar-refractivity contribution in [2.45, 2.75) is 34.6 Å².